The van der Waals surface area contributed by atoms with Gasteiger partial charge in [0.2, 0.25) is 5.95 Å². The average molecular weight is 360 g/mol. The summed E-state index contributed by atoms with van der Waals surface area (Å²) in [7, 11) is 0. The maximum absolute atomic E-state index is 12.8. The first-order valence-corrected chi connectivity index (χ1v) is 7.28. The van der Waals surface area contributed by atoms with E-state index in [1.54, 1.807) is 22.8 Å². The molecule has 0 aliphatic rings. The minimum absolute atomic E-state index is 0.143. The second-order valence-electron chi connectivity index (χ2n) is 5.01. The first kappa shape index (κ1) is 16.0. The molecule has 120 valence electrons. The number of hydrogen-bond acceptors (Lipinski definition) is 2. The van der Waals surface area contributed by atoms with E-state index in [0.717, 1.165) is 12.1 Å². The van der Waals surface area contributed by atoms with Gasteiger partial charge in [-0.25, -0.2) is 4.98 Å². The van der Waals surface area contributed by atoms with Gasteiger partial charge in [-0.3, -0.25) is 0 Å². The van der Waals surface area contributed by atoms with Crippen LogP contribution in [0.15, 0.2) is 36.4 Å². The van der Waals surface area contributed by atoms with Crippen molar-refractivity contribution in [1.29, 1.82) is 0 Å². The molecule has 0 radical (unpaired) electrons. The van der Waals surface area contributed by atoms with E-state index in [2.05, 4.69) is 4.98 Å². The highest BCUT2D eigenvalue weighted by molar-refractivity contribution is 6.42. The van der Waals surface area contributed by atoms with Crippen molar-refractivity contribution in [1.82, 2.24) is 9.55 Å². The first-order chi connectivity index (χ1) is 10.8. The zero-order valence-corrected chi connectivity index (χ0v) is 13.0. The van der Waals surface area contributed by atoms with E-state index < -0.39 is 11.7 Å². The fourth-order valence-corrected chi connectivity index (χ4v) is 2.65. The lowest BCUT2D eigenvalue weighted by Gasteiger charge is -2.11. The van der Waals surface area contributed by atoms with Gasteiger partial charge in [0.15, 0.2) is 0 Å². The topological polar surface area (TPSA) is 43.8 Å². The minimum atomic E-state index is -4.39. The van der Waals surface area contributed by atoms with Gasteiger partial charge in [0.1, 0.15) is 0 Å². The van der Waals surface area contributed by atoms with Gasteiger partial charge in [0, 0.05) is 0 Å². The van der Waals surface area contributed by atoms with Crippen LogP contribution in [0.1, 0.15) is 11.1 Å². The number of fused-ring (bicyclic) bond motifs is 1. The van der Waals surface area contributed by atoms with Crippen LogP contribution in [0.4, 0.5) is 19.1 Å². The second kappa shape index (κ2) is 5.62. The van der Waals surface area contributed by atoms with Gasteiger partial charge in [0.25, 0.3) is 0 Å². The molecule has 0 saturated carbocycles. The van der Waals surface area contributed by atoms with Gasteiger partial charge in [-0.2, -0.15) is 13.2 Å². The standard InChI is InChI=1S/C15H10Cl2F3N3/c16-10-5-12-13(6-11(10)17)23(14(21)22-12)7-8-2-1-3-9(4-8)15(18,19)20/h1-6H,7H2,(H2,21,22). The molecule has 8 heteroatoms. The highest BCUT2D eigenvalue weighted by Crippen LogP contribution is 2.31. The van der Waals surface area contributed by atoms with E-state index in [1.165, 1.54) is 6.07 Å². The van der Waals surface area contributed by atoms with Gasteiger partial charge in [-0.1, -0.05) is 35.3 Å². The Morgan fingerprint density at radius 2 is 1.78 bits per heavy atom. The number of hydrogen-bond donors (Lipinski definition) is 1. The zero-order valence-electron chi connectivity index (χ0n) is 11.5. The van der Waals surface area contributed by atoms with Crippen LogP contribution in [0.3, 0.4) is 0 Å². The predicted molar refractivity (Wildman–Crippen MR) is 84.7 cm³/mol. The smallest absolute Gasteiger partial charge is 0.369 e. The van der Waals surface area contributed by atoms with Gasteiger partial charge in [0.05, 0.1) is 33.2 Å². The SMILES string of the molecule is Nc1nc2cc(Cl)c(Cl)cc2n1Cc1cccc(C(F)(F)F)c1. The van der Waals surface area contributed by atoms with Gasteiger partial charge in [-0.05, 0) is 29.8 Å². The Bertz CT molecular complexity index is 888. The first-order valence-electron chi connectivity index (χ1n) is 6.52. The number of nitrogen functional groups attached to an aromatic ring is 1. The van der Waals surface area contributed by atoms with E-state index in [9.17, 15) is 13.2 Å². The molecule has 0 unspecified atom stereocenters. The van der Waals surface area contributed by atoms with Crippen molar-refractivity contribution < 1.29 is 13.2 Å². The van der Waals surface area contributed by atoms with Crippen LogP contribution in [0.25, 0.3) is 11.0 Å². The normalized spacial score (nSPS) is 12.0. The summed E-state index contributed by atoms with van der Waals surface area (Å²) >= 11 is 11.9. The zero-order chi connectivity index (χ0) is 16.8. The van der Waals surface area contributed by atoms with Crippen molar-refractivity contribution >= 4 is 40.2 Å². The number of aromatic nitrogens is 2. The van der Waals surface area contributed by atoms with Crippen molar-refractivity contribution in [3.8, 4) is 0 Å². The molecule has 0 bridgehead atoms. The molecule has 2 aromatic carbocycles. The predicted octanol–water partition coefficient (Wildman–Crippen LogP) is 4.99. The Hall–Kier alpha value is -1.92. The molecule has 3 rings (SSSR count). The summed E-state index contributed by atoms with van der Waals surface area (Å²) < 4.78 is 40.0. The van der Waals surface area contributed by atoms with E-state index in [0.29, 0.717) is 26.6 Å². The molecular formula is C15H10Cl2F3N3. The summed E-state index contributed by atoms with van der Waals surface area (Å²) in [5.74, 6) is 0.177. The number of halogens is 5. The lowest BCUT2D eigenvalue weighted by Crippen LogP contribution is -2.08. The van der Waals surface area contributed by atoms with Crippen LogP contribution in [0, 0.1) is 0 Å². The molecule has 0 atom stereocenters. The number of rotatable bonds is 2. The summed E-state index contributed by atoms with van der Waals surface area (Å²) in [5.41, 5.74) is 6.75. The van der Waals surface area contributed by atoms with Crippen LogP contribution < -0.4 is 5.73 Å². The van der Waals surface area contributed by atoms with E-state index >= 15 is 0 Å². The third-order valence-corrected chi connectivity index (χ3v) is 4.14. The number of imidazole rings is 1. The Kier molecular flexibility index (Phi) is 3.90. The highest BCUT2D eigenvalue weighted by atomic mass is 35.5. The monoisotopic (exact) mass is 359 g/mol. The van der Waals surface area contributed by atoms with Crippen molar-refractivity contribution in [3.05, 3.63) is 57.6 Å². The molecular weight excluding hydrogens is 350 g/mol. The lowest BCUT2D eigenvalue weighted by molar-refractivity contribution is -0.137. The van der Waals surface area contributed by atoms with E-state index in [4.69, 9.17) is 28.9 Å². The number of alkyl halides is 3. The summed E-state index contributed by atoms with van der Waals surface area (Å²) in [6, 6.07) is 8.22. The summed E-state index contributed by atoms with van der Waals surface area (Å²) in [6.07, 6.45) is -4.39. The molecule has 3 nitrogen and oxygen atoms in total. The fourth-order valence-electron chi connectivity index (χ4n) is 2.33. The lowest BCUT2D eigenvalue weighted by atomic mass is 10.1. The van der Waals surface area contributed by atoms with Crippen molar-refractivity contribution in [2.45, 2.75) is 12.7 Å². The third-order valence-electron chi connectivity index (χ3n) is 3.41. The molecule has 3 aromatic rings. The number of benzene rings is 2. The maximum Gasteiger partial charge on any atom is 0.416 e. The average Bonchev–Trinajstić information content (AvgIpc) is 2.75. The number of anilines is 1. The van der Waals surface area contributed by atoms with Crippen molar-refractivity contribution in [3.63, 3.8) is 0 Å². The molecule has 1 aromatic heterocycles. The Morgan fingerprint density at radius 1 is 1.09 bits per heavy atom. The number of nitrogens with zero attached hydrogens (tertiary/aromatic N) is 2. The van der Waals surface area contributed by atoms with Crippen molar-refractivity contribution in [2.24, 2.45) is 0 Å². The Labute approximate surface area is 139 Å². The quantitative estimate of drug-likeness (QED) is 0.700. The van der Waals surface area contributed by atoms with Gasteiger partial charge >= 0.3 is 6.18 Å². The molecule has 0 aliphatic heterocycles. The third kappa shape index (κ3) is 3.09. The van der Waals surface area contributed by atoms with E-state index in [1.807, 2.05) is 0 Å². The van der Waals surface area contributed by atoms with Gasteiger partial charge in [-0.15, -0.1) is 0 Å². The molecule has 23 heavy (non-hydrogen) atoms. The maximum atomic E-state index is 12.8. The van der Waals surface area contributed by atoms with Crippen LogP contribution in [-0.2, 0) is 12.7 Å². The molecule has 0 amide bonds. The van der Waals surface area contributed by atoms with Crippen LogP contribution in [0.2, 0.25) is 10.0 Å². The summed E-state index contributed by atoms with van der Waals surface area (Å²) in [6.45, 7) is 0.143. The molecule has 0 fully saturated rings. The molecule has 0 spiro atoms. The molecule has 0 saturated heterocycles. The molecule has 2 N–H and O–H groups in total. The number of nitrogens with two attached hydrogens (primary N) is 1. The summed E-state index contributed by atoms with van der Waals surface area (Å²) in [4.78, 5) is 4.16. The van der Waals surface area contributed by atoms with Crippen LogP contribution in [-0.4, -0.2) is 9.55 Å². The van der Waals surface area contributed by atoms with E-state index in [-0.39, 0.29) is 12.5 Å². The largest absolute Gasteiger partial charge is 0.416 e. The molecule has 1 heterocycles. The summed E-state index contributed by atoms with van der Waals surface area (Å²) in [5, 5.41) is 0.659. The highest BCUT2D eigenvalue weighted by Gasteiger charge is 2.30. The Balaban J connectivity index is 2.05. The van der Waals surface area contributed by atoms with Crippen LogP contribution >= 0.6 is 23.2 Å². The fraction of sp³-hybridized carbons (Fsp3) is 0.133. The van der Waals surface area contributed by atoms with Crippen molar-refractivity contribution in [2.75, 3.05) is 5.73 Å². The molecule has 0 aliphatic carbocycles. The van der Waals surface area contributed by atoms with Crippen LogP contribution in [0.5, 0.6) is 0 Å². The van der Waals surface area contributed by atoms with Gasteiger partial charge < -0.3 is 10.3 Å². The second-order valence-corrected chi connectivity index (χ2v) is 5.82. The Morgan fingerprint density at radius 3 is 2.48 bits per heavy atom. The minimum Gasteiger partial charge on any atom is -0.369 e.